The van der Waals surface area contributed by atoms with Crippen molar-refractivity contribution in [3.63, 3.8) is 0 Å². The summed E-state index contributed by atoms with van der Waals surface area (Å²) in [6.45, 7) is 4.58. The van der Waals surface area contributed by atoms with Crippen molar-refractivity contribution in [3.8, 4) is 0 Å². The first-order chi connectivity index (χ1) is 10.0. The van der Waals surface area contributed by atoms with Crippen molar-refractivity contribution in [2.75, 3.05) is 11.4 Å². The Morgan fingerprint density at radius 2 is 1.81 bits per heavy atom. The maximum Gasteiger partial charge on any atom is 0.252 e. The topological polar surface area (TPSA) is 49.4 Å². The summed E-state index contributed by atoms with van der Waals surface area (Å²) in [5.74, 6) is 0.0608. The number of amides is 2. The number of carbonyl (C=O) groups excluding carboxylic acids is 2. The molecule has 4 nitrogen and oxygen atoms in total. The zero-order valence-corrected chi connectivity index (χ0v) is 12.7. The molecule has 21 heavy (non-hydrogen) atoms. The molecule has 1 spiro atoms. The number of aryl methyl sites for hydroxylation is 2. The van der Waals surface area contributed by atoms with Crippen LogP contribution in [-0.2, 0) is 9.59 Å². The van der Waals surface area contributed by atoms with Gasteiger partial charge in [-0.25, -0.2) is 0 Å². The number of nitrogens with one attached hydrogen (secondary N) is 1. The van der Waals surface area contributed by atoms with Crippen molar-refractivity contribution >= 4 is 17.5 Å². The van der Waals surface area contributed by atoms with Gasteiger partial charge in [0.05, 0.1) is 0 Å². The van der Waals surface area contributed by atoms with E-state index in [1.807, 2.05) is 18.2 Å². The molecule has 1 aliphatic carbocycles. The van der Waals surface area contributed by atoms with Crippen LogP contribution in [0, 0.1) is 13.8 Å². The number of hydrogen-bond acceptors (Lipinski definition) is 2. The van der Waals surface area contributed by atoms with Gasteiger partial charge in [0.15, 0.2) is 0 Å². The van der Waals surface area contributed by atoms with Crippen LogP contribution in [0.15, 0.2) is 18.2 Å². The highest BCUT2D eigenvalue weighted by Crippen LogP contribution is 2.34. The van der Waals surface area contributed by atoms with Gasteiger partial charge in [0, 0.05) is 18.7 Å². The van der Waals surface area contributed by atoms with Crippen LogP contribution < -0.4 is 10.2 Å². The monoisotopic (exact) mass is 286 g/mol. The second-order valence-corrected chi connectivity index (χ2v) is 6.31. The molecule has 1 aromatic carbocycles. The predicted octanol–water partition coefficient (Wildman–Crippen LogP) is 2.47. The van der Waals surface area contributed by atoms with Crippen LogP contribution in [0.25, 0.3) is 0 Å². The van der Waals surface area contributed by atoms with Gasteiger partial charge in [-0.3, -0.25) is 9.59 Å². The summed E-state index contributed by atoms with van der Waals surface area (Å²) in [5, 5.41) is 3.00. The Hall–Kier alpha value is -1.84. The Morgan fingerprint density at radius 3 is 2.48 bits per heavy atom. The van der Waals surface area contributed by atoms with E-state index in [2.05, 4.69) is 19.2 Å². The van der Waals surface area contributed by atoms with Gasteiger partial charge in [0.1, 0.15) is 5.54 Å². The van der Waals surface area contributed by atoms with E-state index >= 15 is 0 Å². The summed E-state index contributed by atoms with van der Waals surface area (Å²) in [6, 6.07) is 6.07. The number of rotatable bonds is 1. The van der Waals surface area contributed by atoms with E-state index in [0.717, 1.165) is 31.4 Å². The average molecular weight is 286 g/mol. The highest BCUT2D eigenvalue weighted by molar-refractivity contribution is 6.04. The summed E-state index contributed by atoms with van der Waals surface area (Å²) in [6.07, 6.45) is 3.91. The van der Waals surface area contributed by atoms with Crippen molar-refractivity contribution in [2.24, 2.45) is 0 Å². The minimum absolute atomic E-state index is 0.00316. The van der Waals surface area contributed by atoms with E-state index in [4.69, 9.17) is 0 Å². The highest BCUT2D eigenvalue weighted by Gasteiger charge is 2.46. The molecule has 0 radical (unpaired) electrons. The molecule has 3 rings (SSSR count). The predicted molar refractivity (Wildman–Crippen MR) is 82.2 cm³/mol. The summed E-state index contributed by atoms with van der Waals surface area (Å²) in [5.41, 5.74) is 2.63. The van der Waals surface area contributed by atoms with Gasteiger partial charge in [-0.15, -0.1) is 0 Å². The second-order valence-electron chi connectivity index (χ2n) is 6.31. The van der Waals surface area contributed by atoms with Crippen LogP contribution in [-0.4, -0.2) is 23.9 Å². The fourth-order valence-corrected chi connectivity index (χ4v) is 3.41. The molecule has 1 N–H and O–H groups in total. The molecule has 1 heterocycles. The van der Waals surface area contributed by atoms with E-state index in [1.165, 1.54) is 11.1 Å². The summed E-state index contributed by atoms with van der Waals surface area (Å²) < 4.78 is 0. The Balaban J connectivity index is 1.98. The number of benzene rings is 1. The Kier molecular flexibility index (Phi) is 3.47. The fourth-order valence-electron chi connectivity index (χ4n) is 3.41. The lowest BCUT2D eigenvalue weighted by molar-refractivity contribution is -0.129. The number of nitrogens with zero attached hydrogens (tertiary/aromatic N) is 1. The third kappa shape index (κ3) is 2.43. The number of carbonyl (C=O) groups is 2. The molecule has 0 aromatic heterocycles. The molecule has 0 atom stereocenters. The van der Waals surface area contributed by atoms with Gasteiger partial charge in [-0.2, -0.15) is 0 Å². The average Bonchev–Trinajstić information content (AvgIpc) is 2.87. The Morgan fingerprint density at radius 1 is 1.10 bits per heavy atom. The van der Waals surface area contributed by atoms with Crippen LogP contribution in [0.3, 0.4) is 0 Å². The Labute approximate surface area is 125 Å². The SMILES string of the molecule is Cc1ccc(N2CCC(=O)NC3(CCCC3)C2=O)cc1C. The molecule has 1 saturated heterocycles. The van der Waals surface area contributed by atoms with Gasteiger partial charge in [-0.1, -0.05) is 18.9 Å². The first-order valence-corrected chi connectivity index (χ1v) is 7.72. The third-order valence-corrected chi connectivity index (χ3v) is 4.85. The van der Waals surface area contributed by atoms with E-state index in [1.54, 1.807) is 4.90 Å². The normalized spacial score (nSPS) is 21.5. The summed E-state index contributed by atoms with van der Waals surface area (Å²) in [4.78, 5) is 26.8. The smallest absolute Gasteiger partial charge is 0.252 e. The maximum atomic E-state index is 13.0. The molecule has 2 fully saturated rings. The third-order valence-electron chi connectivity index (χ3n) is 4.85. The molecule has 4 heteroatoms. The second kappa shape index (κ2) is 5.17. The minimum atomic E-state index is -0.660. The first kappa shape index (κ1) is 14.1. The van der Waals surface area contributed by atoms with Gasteiger partial charge in [0.25, 0.3) is 5.91 Å². The van der Waals surface area contributed by atoms with E-state index in [9.17, 15) is 9.59 Å². The quantitative estimate of drug-likeness (QED) is 0.862. The molecule has 2 aliphatic rings. The lowest BCUT2D eigenvalue weighted by Crippen LogP contribution is -2.55. The van der Waals surface area contributed by atoms with Gasteiger partial charge >= 0.3 is 0 Å². The zero-order chi connectivity index (χ0) is 15.0. The lowest BCUT2D eigenvalue weighted by atomic mass is 9.95. The van der Waals surface area contributed by atoms with Crippen molar-refractivity contribution in [3.05, 3.63) is 29.3 Å². The molecule has 112 valence electrons. The summed E-state index contributed by atoms with van der Waals surface area (Å²) >= 11 is 0. The largest absolute Gasteiger partial charge is 0.342 e. The Bertz CT molecular complexity index is 588. The van der Waals surface area contributed by atoms with Crippen LogP contribution in [0.2, 0.25) is 0 Å². The van der Waals surface area contributed by atoms with Crippen molar-refractivity contribution in [1.82, 2.24) is 5.32 Å². The van der Waals surface area contributed by atoms with Gasteiger partial charge in [-0.05, 0) is 49.9 Å². The molecular formula is C17H22N2O2. The zero-order valence-electron chi connectivity index (χ0n) is 12.7. The molecule has 0 bridgehead atoms. The van der Waals surface area contributed by atoms with Crippen LogP contribution in [0.4, 0.5) is 5.69 Å². The number of hydrogen-bond donors (Lipinski definition) is 1. The molecule has 1 aliphatic heterocycles. The van der Waals surface area contributed by atoms with Crippen molar-refractivity contribution < 1.29 is 9.59 Å². The minimum Gasteiger partial charge on any atom is -0.342 e. The molecule has 1 aromatic rings. The van der Waals surface area contributed by atoms with E-state index < -0.39 is 5.54 Å². The van der Waals surface area contributed by atoms with E-state index in [-0.39, 0.29) is 11.8 Å². The van der Waals surface area contributed by atoms with Crippen molar-refractivity contribution in [1.29, 1.82) is 0 Å². The maximum absolute atomic E-state index is 13.0. The number of anilines is 1. The van der Waals surface area contributed by atoms with Crippen LogP contribution >= 0.6 is 0 Å². The van der Waals surface area contributed by atoms with Gasteiger partial charge in [0.2, 0.25) is 5.91 Å². The van der Waals surface area contributed by atoms with Crippen LogP contribution in [0.5, 0.6) is 0 Å². The standard InChI is InChI=1S/C17H22N2O2/c1-12-5-6-14(11-13(12)2)19-10-7-15(20)18-17(16(19)21)8-3-4-9-17/h5-6,11H,3-4,7-10H2,1-2H3,(H,18,20). The van der Waals surface area contributed by atoms with Crippen LogP contribution in [0.1, 0.15) is 43.2 Å². The molecule has 1 saturated carbocycles. The molecule has 2 amide bonds. The molecular weight excluding hydrogens is 264 g/mol. The first-order valence-electron chi connectivity index (χ1n) is 7.72. The lowest BCUT2D eigenvalue weighted by Gasteiger charge is -2.32. The fraction of sp³-hybridized carbons (Fsp3) is 0.529. The van der Waals surface area contributed by atoms with E-state index in [0.29, 0.717) is 13.0 Å². The highest BCUT2D eigenvalue weighted by atomic mass is 16.2. The molecule has 0 unspecified atom stereocenters. The summed E-state index contributed by atoms with van der Waals surface area (Å²) in [7, 11) is 0. The van der Waals surface area contributed by atoms with Crippen molar-refractivity contribution in [2.45, 2.75) is 51.5 Å². The van der Waals surface area contributed by atoms with Gasteiger partial charge < -0.3 is 10.2 Å².